The number of anilines is 2. The predicted octanol–water partition coefficient (Wildman–Crippen LogP) is 3.44. The van der Waals surface area contributed by atoms with Crippen LogP contribution in [-0.4, -0.2) is 19.6 Å². The molecule has 0 spiro atoms. The highest BCUT2D eigenvalue weighted by molar-refractivity contribution is 5.60. The van der Waals surface area contributed by atoms with Gasteiger partial charge >= 0.3 is 0 Å². The van der Waals surface area contributed by atoms with Crippen molar-refractivity contribution in [2.75, 3.05) is 5.32 Å². The zero-order valence-corrected chi connectivity index (χ0v) is 11.9. The molecule has 0 bridgehead atoms. The Bertz CT molecular complexity index is 913. The van der Waals surface area contributed by atoms with Crippen molar-refractivity contribution in [1.82, 2.24) is 19.6 Å². The first-order valence-corrected chi connectivity index (χ1v) is 6.90. The van der Waals surface area contributed by atoms with E-state index in [0.717, 1.165) is 17.2 Å². The maximum Gasteiger partial charge on any atom is 0.255 e. The number of furan rings is 1. The number of fused-ring (bicyclic) bond motifs is 1. The molecule has 0 saturated heterocycles. The first-order valence-electron chi connectivity index (χ1n) is 6.90. The maximum absolute atomic E-state index is 5.35. The van der Waals surface area contributed by atoms with E-state index < -0.39 is 0 Å². The Hall–Kier alpha value is -3.15. The standard InChI is InChI=1S/C16H13N5O/c1-11-10-14(18-12-6-3-2-4-7-12)21-16(17-11)19-15(20-21)13-8-5-9-22-13/h2-10,18H,1H3. The van der Waals surface area contributed by atoms with Gasteiger partial charge in [-0.05, 0) is 31.2 Å². The van der Waals surface area contributed by atoms with Gasteiger partial charge in [-0.3, -0.25) is 0 Å². The van der Waals surface area contributed by atoms with Gasteiger partial charge < -0.3 is 9.73 Å². The third kappa shape index (κ3) is 2.20. The van der Waals surface area contributed by atoms with Crippen LogP contribution in [0.2, 0.25) is 0 Å². The molecule has 22 heavy (non-hydrogen) atoms. The first kappa shape index (κ1) is 12.6. The van der Waals surface area contributed by atoms with Crippen molar-refractivity contribution in [3.63, 3.8) is 0 Å². The molecule has 1 N–H and O–H groups in total. The summed E-state index contributed by atoms with van der Waals surface area (Å²) in [6, 6.07) is 15.5. The highest BCUT2D eigenvalue weighted by atomic mass is 16.3. The van der Waals surface area contributed by atoms with Crippen LogP contribution >= 0.6 is 0 Å². The highest BCUT2D eigenvalue weighted by Crippen LogP contribution is 2.21. The van der Waals surface area contributed by atoms with Crippen LogP contribution in [-0.2, 0) is 0 Å². The quantitative estimate of drug-likeness (QED) is 0.626. The fourth-order valence-corrected chi connectivity index (χ4v) is 2.26. The van der Waals surface area contributed by atoms with Gasteiger partial charge in [-0.1, -0.05) is 18.2 Å². The van der Waals surface area contributed by atoms with Crippen molar-refractivity contribution in [3.05, 3.63) is 60.5 Å². The lowest BCUT2D eigenvalue weighted by Gasteiger charge is -2.08. The summed E-state index contributed by atoms with van der Waals surface area (Å²) < 4.78 is 7.03. The average molecular weight is 291 g/mol. The first-order chi connectivity index (χ1) is 10.8. The molecule has 6 nitrogen and oxygen atoms in total. The summed E-state index contributed by atoms with van der Waals surface area (Å²) in [6.07, 6.45) is 1.60. The maximum atomic E-state index is 5.35. The number of nitrogens with one attached hydrogen (secondary N) is 1. The molecule has 0 fully saturated rings. The Kier molecular flexibility index (Phi) is 2.86. The van der Waals surface area contributed by atoms with Crippen LogP contribution in [0.25, 0.3) is 17.4 Å². The van der Waals surface area contributed by atoms with E-state index in [1.165, 1.54) is 0 Å². The Balaban J connectivity index is 1.83. The number of hydrogen-bond acceptors (Lipinski definition) is 5. The second-order valence-corrected chi connectivity index (χ2v) is 4.90. The highest BCUT2D eigenvalue weighted by Gasteiger charge is 2.13. The molecule has 0 unspecified atom stereocenters. The fourth-order valence-electron chi connectivity index (χ4n) is 2.26. The van der Waals surface area contributed by atoms with E-state index in [0.29, 0.717) is 17.4 Å². The molecule has 4 aromatic rings. The Morgan fingerprint density at radius 3 is 2.68 bits per heavy atom. The molecule has 6 heteroatoms. The van der Waals surface area contributed by atoms with Crippen LogP contribution in [0.1, 0.15) is 5.69 Å². The topological polar surface area (TPSA) is 68.2 Å². The molecule has 0 saturated carbocycles. The smallest absolute Gasteiger partial charge is 0.255 e. The number of hydrogen-bond donors (Lipinski definition) is 1. The average Bonchev–Trinajstić information content (AvgIpc) is 3.16. The van der Waals surface area contributed by atoms with Gasteiger partial charge in [0.25, 0.3) is 5.78 Å². The van der Waals surface area contributed by atoms with Crippen LogP contribution in [0.5, 0.6) is 0 Å². The van der Waals surface area contributed by atoms with Crippen molar-refractivity contribution in [2.24, 2.45) is 0 Å². The van der Waals surface area contributed by atoms with Crippen LogP contribution in [0.3, 0.4) is 0 Å². The minimum atomic E-state index is 0.513. The predicted molar refractivity (Wildman–Crippen MR) is 82.9 cm³/mol. The molecule has 0 aliphatic heterocycles. The molecule has 0 atom stereocenters. The van der Waals surface area contributed by atoms with Gasteiger partial charge in [0.1, 0.15) is 5.82 Å². The van der Waals surface area contributed by atoms with E-state index in [-0.39, 0.29) is 0 Å². The molecule has 3 heterocycles. The van der Waals surface area contributed by atoms with Crippen molar-refractivity contribution < 1.29 is 4.42 Å². The van der Waals surface area contributed by atoms with Gasteiger partial charge in [0, 0.05) is 17.4 Å². The van der Waals surface area contributed by atoms with E-state index in [1.807, 2.05) is 55.5 Å². The third-order valence-corrected chi connectivity index (χ3v) is 3.23. The van der Waals surface area contributed by atoms with Crippen LogP contribution in [0, 0.1) is 6.92 Å². The van der Waals surface area contributed by atoms with E-state index in [9.17, 15) is 0 Å². The Labute approximate surface area is 126 Å². The van der Waals surface area contributed by atoms with E-state index >= 15 is 0 Å². The number of benzene rings is 1. The zero-order chi connectivity index (χ0) is 14.9. The van der Waals surface area contributed by atoms with Gasteiger partial charge in [-0.2, -0.15) is 9.50 Å². The lowest BCUT2D eigenvalue weighted by atomic mass is 10.3. The number of aromatic nitrogens is 4. The summed E-state index contributed by atoms with van der Waals surface area (Å²) in [5.41, 5.74) is 1.84. The number of nitrogens with zero attached hydrogens (tertiary/aromatic N) is 4. The molecule has 3 aromatic heterocycles. The van der Waals surface area contributed by atoms with Crippen LogP contribution < -0.4 is 5.32 Å². The molecule has 0 radical (unpaired) electrons. The van der Waals surface area contributed by atoms with Crippen molar-refractivity contribution in [1.29, 1.82) is 0 Å². The lowest BCUT2D eigenvalue weighted by molar-refractivity contribution is 0.577. The van der Waals surface area contributed by atoms with Crippen molar-refractivity contribution >= 4 is 17.3 Å². The van der Waals surface area contributed by atoms with Gasteiger partial charge in [0.15, 0.2) is 5.76 Å². The summed E-state index contributed by atoms with van der Waals surface area (Å²) in [7, 11) is 0. The molecule has 0 amide bonds. The largest absolute Gasteiger partial charge is 0.461 e. The summed E-state index contributed by atoms with van der Waals surface area (Å²) >= 11 is 0. The zero-order valence-electron chi connectivity index (χ0n) is 11.9. The van der Waals surface area contributed by atoms with Crippen LogP contribution in [0.15, 0.2) is 59.2 Å². The van der Waals surface area contributed by atoms with Crippen molar-refractivity contribution in [2.45, 2.75) is 6.92 Å². The number of para-hydroxylation sites is 1. The van der Waals surface area contributed by atoms with Gasteiger partial charge in [0.2, 0.25) is 5.82 Å². The molecular weight excluding hydrogens is 278 g/mol. The van der Waals surface area contributed by atoms with E-state index in [1.54, 1.807) is 10.8 Å². The monoisotopic (exact) mass is 291 g/mol. The van der Waals surface area contributed by atoms with Gasteiger partial charge in [-0.15, -0.1) is 5.10 Å². The van der Waals surface area contributed by atoms with Crippen LogP contribution in [0.4, 0.5) is 11.5 Å². The summed E-state index contributed by atoms with van der Waals surface area (Å²) in [5.74, 6) is 2.47. The van der Waals surface area contributed by atoms with E-state index in [2.05, 4.69) is 20.4 Å². The summed E-state index contributed by atoms with van der Waals surface area (Å²) in [4.78, 5) is 8.84. The normalized spacial score (nSPS) is 11.0. The Morgan fingerprint density at radius 1 is 1.05 bits per heavy atom. The molecule has 108 valence electrons. The third-order valence-electron chi connectivity index (χ3n) is 3.23. The second-order valence-electron chi connectivity index (χ2n) is 4.90. The van der Waals surface area contributed by atoms with E-state index in [4.69, 9.17) is 4.42 Å². The fraction of sp³-hybridized carbons (Fsp3) is 0.0625. The summed E-state index contributed by atoms with van der Waals surface area (Å²) in [5, 5.41) is 7.82. The molecule has 0 aliphatic rings. The minimum Gasteiger partial charge on any atom is -0.461 e. The SMILES string of the molecule is Cc1cc(Nc2ccccc2)n2nc(-c3ccco3)nc2n1. The molecular formula is C16H13N5O. The molecule has 0 aliphatic carbocycles. The number of rotatable bonds is 3. The lowest BCUT2D eigenvalue weighted by Crippen LogP contribution is -2.02. The van der Waals surface area contributed by atoms with Gasteiger partial charge in [-0.25, -0.2) is 4.98 Å². The second kappa shape index (κ2) is 5.00. The molecule has 1 aromatic carbocycles. The number of aryl methyl sites for hydroxylation is 1. The Morgan fingerprint density at radius 2 is 1.91 bits per heavy atom. The van der Waals surface area contributed by atoms with Gasteiger partial charge in [0.05, 0.1) is 6.26 Å². The van der Waals surface area contributed by atoms with Crippen molar-refractivity contribution in [3.8, 4) is 11.6 Å². The summed E-state index contributed by atoms with van der Waals surface area (Å²) in [6.45, 7) is 1.93. The molecule has 4 rings (SSSR count). The minimum absolute atomic E-state index is 0.513.